The molecule has 96 valence electrons. The fourth-order valence-corrected chi connectivity index (χ4v) is 3.20. The largest absolute Gasteiger partial charge is 0.300 e. The molecular formula is C14H30N2. The van der Waals surface area contributed by atoms with Gasteiger partial charge in [0.25, 0.3) is 0 Å². The summed E-state index contributed by atoms with van der Waals surface area (Å²) >= 11 is 0. The lowest BCUT2D eigenvalue weighted by atomic mass is 10.1. The highest BCUT2D eigenvalue weighted by atomic mass is 15.3. The van der Waals surface area contributed by atoms with Crippen molar-refractivity contribution in [2.45, 2.75) is 65.5 Å². The van der Waals surface area contributed by atoms with Crippen LogP contribution in [0.3, 0.4) is 0 Å². The Hall–Kier alpha value is -0.0800. The van der Waals surface area contributed by atoms with Crippen LogP contribution in [0.4, 0.5) is 0 Å². The lowest BCUT2D eigenvalue weighted by molar-refractivity contribution is 0.0672. The zero-order chi connectivity index (χ0) is 12.0. The van der Waals surface area contributed by atoms with Gasteiger partial charge in [-0.05, 0) is 38.8 Å². The van der Waals surface area contributed by atoms with Gasteiger partial charge in [-0.25, -0.2) is 0 Å². The van der Waals surface area contributed by atoms with E-state index in [0.717, 1.165) is 12.1 Å². The van der Waals surface area contributed by atoms with E-state index in [9.17, 15) is 0 Å². The Bertz CT molecular complexity index is 168. The molecule has 2 aliphatic rings. The van der Waals surface area contributed by atoms with Crippen LogP contribution in [0, 0.1) is 0 Å². The monoisotopic (exact) mass is 226 g/mol. The number of hydrogen-bond donors (Lipinski definition) is 0. The smallest absolute Gasteiger partial charge is 0.0227 e. The molecule has 0 radical (unpaired) electrons. The van der Waals surface area contributed by atoms with Crippen molar-refractivity contribution >= 4 is 0 Å². The van der Waals surface area contributed by atoms with Crippen LogP contribution in [0.5, 0.6) is 0 Å². The van der Waals surface area contributed by atoms with Gasteiger partial charge in [0, 0.05) is 25.2 Å². The number of likely N-dealkylation sites (tertiary alicyclic amines) is 1. The summed E-state index contributed by atoms with van der Waals surface area (Å²) in [5.74, 6) is 0. The van der Waals surface area contributed by atoms with Crippen molar-refractivity contribution in [3.63, 3.8) is 0 Å². The zero-order valence-corrected chi connectivity index (χ0v) is 11.7. The minimum absolute atomic E-state index is 0.889. The molecule has 2 heterocycles. The van der Waals surface area contributed by atoms with Gasteiger partial charge in [0.1, 0.15) is 0 Å². The van der Waals surface area contributed by atoms with Gasteiger partial charge >= 0.3 is 0 Å². The van der Waals surface area contributed by atoms with Crippen LogP contribution in [0.1, 0.15) is 53.4 Å². The number of fused-ring (bicyclic) bond motifs is 2. The fourth-order valence-electron chi connectivity index (χ4n) is 3.20. The quantitative estimate of drug-likeness (QED) is 0.727. The molecular weight excluding hydrogens is 196 g/mol. The van der Waals surface area contributed by atoms with E-state index in [1.54, 1.807) is 0 Å². The van der Waals surface area contributed by atoms with Crippen molar-refractivity contribution < 1.29 is 0 Å². The fraction of sp³-hybridized carbons (Fsp3) is 1.00. The number of rotatable bonds is 4. The summed E-state index contributed by atoms with van der Waals surface area (Å²) in [6.07, 6.45) is 5.53. The summed E-state index contributed by atoms with van der Waals surface area (Å²) in [6, 6.07) is 1.78. The van der Waals surface area contributed by atoms with E-state index in [4.69, 9.17) is 0 Å². The first-order valence-corrected chi connectivity index (χ1v) is 7.33. The second-order valence-corrected chi connectivity index (χ2v) is 4.88. The summed E-state index contributed by atoms with van der Waals surface area (Å²) in [5.41, 5.74) is 0. The Labute approximate surface area is 102 Å². The Morgan fingerprint density at radius 2 is 1.38 bits per heavy atom. The Morgan fingerprint density at radius 1 is 0.875 bits per heavy atom. The molecule has 0 aromatic heterocycles. The molecule has 2 bridgehead atoms. The minimum atomic E-state index is 0.889. The maximum absolute atomic E-state index is 2.77. The predicted octanol–water partition coefficient (Wildman–Crippen LogP) is 2.98. The predicted molar refractivity (Wildman–Crippen MR) is 71.9 cm³/mol. The molecule has 0 N–H and O–H groups in total. The summed E-state index contributed by atoms with van der Waals surface area (Å²) in [4.78, 5) is 5.45. The molecule has 0 spiro atoms. The van der Waals surface area contributed by atoms with Gasteiger partial charge in [-0.15, -0.1) is 0 Å². The van der Waals surface area contributed by atoms with Gasteiger partial charge < -0.3 is 4.90 Å². The molecule has 0 aromatic rings. The van der Waals surface area contributed by atoms with E-state index < -0.39 is 0 Å². The summed E-state index contributed by atoms with van der Waals surface area (Å²) < 4.78 is 0. The second-order valence-electron chi connectivity index (χ2n) is 4.88. The third kappa shape index (κ3) is 3.21. The van der Waals surface area contributed by atoms with Gasteiger partial charge in [-0.3, -0.25) is 4.90 Å². The van der Waals surface area contributed by atoms with Crippen molar-refractivity contribution in [2.75, 3.05) is 26.2 Å². The van der Waals surface area contributed by atoms with Gasteiger partial charge in [0.15, 0.2) is 0 Å². The maximum atomic E-state index is 2.77. The Morgan fingerprint density at radius 3 is 1.81 bits per heavy atom. The molecule has 16 heavy (non-hydrogen) atoms. The van der Waals surface area contributed by atoms with Crippen molar-refractivity contribution in [1.82, 2.24) is 9.80 Å². The van der Waals surface area contributed by atoms with Crippen LogP contribution < -0.4 is 0 Å². The van der Waals surface area contributed by atoms with Gasteiger partial charge in [0.2, 0.25) is 0 Å². The van der Waals surface area contributed by atoms with E-state index in [0.29, 0.717) is 0 Å². The highest BCUT2D eigenvalue weighted by Gasteiger charge is 2.38. The molecule has 0 unspecified atom stereocenters. The normalized spacial score (nSPS) is 30.0. The molecule has 0 amide bonds. The SMILES string of the molecule is CC.CCCN1C[C@H]2CC[C@@H](C1)N2CCC. The summed E-state index contributed by atoms with van der Waals surface area (Å²) in [5, 5.41) is 0. The highest BCUT2D eigenvalue weighted by molar-refractivity contribution is 4.95. The van der Waals surface area contributed by atoms with Crippen molar-refractivity contribution in [2.24, 2.45) is 0 Å². The first-order valence-electron chi connectivity index (χ1n) is 7.33. The van der Waals surface area contributed by atoms with Crippen LogP contribution >= 0.6 is 0 Å². The van der Waals surface area contributed by atoms with Crippen LogP contribution in [-0.2, 0) is 0 Å². The van der Waals surface area contributed by atoms with E-state index in [2.05, 4.69) is 23.6 Å². The van der Waals surface area contributed by atoms with Crippen molar-refractivity contribution in [3.05, 3.63) is 0 Å². The van der Waals surface area contributed by atoms with Gasteiger partial charge in [-0.1, -0.05) is 27.7 Å². The molecule has 0 saturated carbocycles. The molecule has 2 nitrogen and oxygen atoms in total. The average Bonchev–Trinajstić information content (AvgIpc) is 2.55. The Balaban J connectivity index is 0.000000606. The molecule has 2 rings (SSSR count). The average molecular weight is 226 g/mol. The molecule has 2 fully saturated rings. The van der Waals surface area contributed by atoms with E-state index in [1.807, 2.05) is 13.8 Å². The molecule has 2 atom stereocenters. The highest BCUT2D eigenvalue weighted by Crippen LogP contribution is 2.29. The molecule has 2 heteroatoms. The third-order valence-corrected chi connectivity index (χ3v) is 3.73. The second kappa shape index (κ2) is 7.29. The van der Waals surface area contributed by atoms with Crippen LogP contribution in [-0.4, -0.2) is 48.1 Å². The first kappa shape index (κ1) is 14.0. The van der Waals surface area contributed by atoms with Gasteiger partial charge in [-0.2, -0.15) is 0 Å². The molecule has 0 aliphatic carbocycles. The number of hydrogen-bond acceptors (Lipinski definition) is 2. The Kier molecular flexibility index (Phi) is 6.37. The van der Waals surface area contributed by atoms with Crippen LogP contribution in [0.15, 0.2) is 0 Å². The molecule has 0 aromatic carbocycles. The minimum Gasteiger partial charge on any atom is -0.300 e. The third-order valence-electron chi connectivity index (χ3n) is 3.73. The lowest BCUT2D eigenvalue weighted by Gasteiger charge is -2.41. The summed E-state index contributed by atoms with van der Waals surface area (Å²) in [7, 11) is 0. The maximum Gasteiger partial charge on any atom is 0.0227 e. The topological polar surface area (TPSA) is 6.48 Å². The van der Waals surface area contributed by atoms with E-state index in [1.165, 1.54) is 51.9 Å². The van der Waals surface area contributed by atoms with E-state index in [-0.39, 0.29) is 0 Å². The van der Waals surface area contributed by atoms with Crippen molar-refractivity contribution in [3.8, 4) is 0 Å². The standard InChI is InChI=1S/C12H24N2.C2H6/c1-3-7-13-9-11-5-6-12(10-13)14(11)8-4-2;1-2/h11-12H,3-10H2,1-2H3;1-2H3/t11-,12+;. The zero-order valence-electron chi connectivity index (χ0n) is 11.7. The number of piperazine rings is 1. The number of nitrogens with zero attached hydrogens (tertiary/aromatic N) is 2. The van der Waals surface area contributed by atoms with Crippen LogP contribution in [0.2, 0.25) is 0 Å². The van der Waals surface area contributed by atoms with E-state index >= 15 is 0 Å². The lowest BCUT2D eigenvalue weighted by Crippen LogP contribution is -2.53. The van der Waals surface area contributed by atoms with Gasteiger partial charge in [0.05, 0.1) is 0 Å². The molecule has 2 saturated heterocycles. The molecule has 2 aliphatic heterocycles. The van der Waals surface area contributed by atoms with Crippen LogP contribution in [0.25, 0.3) is 0 Å². The van der Waals surface area contributed by atoms with Crippen molar-refractivity contribution in [1.29, 1.82) is 0 Å². The summed E-state index contributed by atoms with van der Waals surface area (Å²) in [6.45, 7) is 13.9. The first-order chi connectivity index (χ1) is 7.85.